The molecule has 0 spiro atoms. The van der Waals surface area contributed by atoms with Crippen LogP contribution in [0.3, 0.4) is 0 Å². The number of pyridine rings is 1. The molecule has 0 bridgehead atoms. The Morgan fingerprint density at radius 2 is 2.18 bits per heavy atom. The van der Waals surface area contributed by atoms with Gasteiger partial charge in [0.15, 0.2) is 0 Å². The second-order valence-corrected chi connectivity index (χ2v) is 5.70. The van der Waals surface area contributed by atoms with Crippen molar-refractivity contribution < 1.29 is 0 Å². The third-order valence-corrected chi connectivity index (χ3v) is 4.07. The van der Waals surface area contributed by atoms with E-state index in [2.05, 4.69) is 9.97 Å². The van der Waals surface area contributed by atoms with Crippen molar-refractivity contribution >= 4 is 34.2 Å². The molecule has 0 atom stereocenters. The molecule has 4 rings (SSSR count). The van der Waals surface area contributed by atoms with Gasteiger partial charge in [-0.2, -0.15) is 0 Å². The molecule has 0 saturated carbocycles. The van der Waals surface area contributed by atoms with Crippen molar-refractivity contribution in [1.82, 2.24) is 14.5 Å². The fourth-order valence-electron chi connectivity index (χ4n) is 2.79. The summed E-state index contributed by atoms with van der Waals surface area (Å²) >= 11 is 5.98. The molecule has 3 aromatic rings. The van der Waals surface area contributed by atoms with E-state index in [0.29, 0.717) is 22.5 Å². The van der Waals surface area contributed by atoms with Gasteiger partial charge in [-0.1, -0.05) is 17.7 Å². The largest absolute Gasteiger partial charge is 0.292 e. The number of nitrogens with zero attached hydrogens (tertiary/aromatic N) is 3. The van der Waals surface area contributed by atoms with Crippen LogP contribution in [0.4, 0.5) is 0 Å². The van der Waals surface area contributed by atoms with Crippen molar-refractivity contribution in [2.24, 2.45) is 0 Å². The van der Waals surface area contributed by atoms with Crippen LogP contribution in [0.5, 0.6) is 0 Å². The molecule has 0 saturated heterocycles. The maximum atomic E-state index is 12.6. The van der Waals surface area contributed by atoms with Crippen LogP contribution in [0, 0.1) is 0 Å². The molecular formula is C17H12ClN3O. The first-order chi connectivity index (χ1) is 10.7. The number of halogens is 1. The molecule has 5 heteroatoms. The Kier molecular flexibility index (Phi) is 3.05. The molecule has 0 aliphatic carbocycles. The summed E-state index contributed by atoms with van der Waals surface area (Å²) in [5.41, 5.74) is 2.72. The highest BCUT2D eigenvalue weighted by molar-refractivity contribution is 6.31. The zero-order chi connectivity index (χ0) is 15.1. The van der Waals surface area contributed by atoms with Crippen LogP contribution in [0.1, 0.15) is 17.8 Å². The number of fused-ring (bicyclic) bond motifs is 2. The van der Waals surface area contributed by atoms with Crippen LogP contribution in [-0.2, 0) is 6.54 Å². The van der Waals surface area contributed by atoms with Gasteiger partial charge in [-0.15, -0.1) is 0 Å². The molecule has 1 aromatic carbocycles. The van der Waals surface area contributed by atoms with Crippen LogP contribution >= 0.6 is 11.6 Å². The van der Waals surface area contributed by atoms with Crippen molar-refractivity contribution in [3.8, 4) is 0 Å². The lowest BCUT2D eigenvalue weighted by Crippen LogP contribution is -2.20. The maximum Gasteiger partial charge on any atom is 0.261 e. The van der Waals surface area contributed by atoms with E-state index in [1.807, 2.05) is 18.2 Å². The number of rotatable bonds is 1. The molecule has 4 nitrogen and oxygen atoms in total. The smallest absolute Gasteiger partial charge is 0.261 e. The van der Waals surface area contributed by atoms with E-state index >= 15 is 0 Å². The highest BCUT2D eigenvalue weighted by Crippen LogP contribution is 2.27. The van der Waals surface area contributed by atoms with Gasteiger partial charge >= 0.3 is 0 Å². The quantitative estimate of drug-likeness (QED) is 0.692. The molecule has 0 amide bonds. The first-order valence-corrected chi connectivity index (χ1v) is 7.41. The van der Waals surface area contributed by atoms with Gasteiger partial charge in [0.05, 0.1) is 10.9 Å². The molecule has 3 heterocycles. The predicted octanol–water partition coefficient (Wildman–Crippen LogP) is 3.39. The second-order valence-electron chi connectivity index (χ2n) is 5.26. The second kappa shape index (κ2) is 5.07. The Balaban J connectivity index is 1.92. The molecule has 1 aliphatic rings. The van der Waals surface area contributed by atoms with E-state index in [-0.39, 0.29) is 5.56 Å². The Morgan fingerprint density at radius 1 is 1.27 bits per heavy atom. The standard InChI is InChI=1S/C17H12ClN3O/c18-13-3-4-15-14(9-13)17(22)21-7-5-12(16(21)20-15)8-11-2-1-6-19-10-11/h1-4,6,8-10H,5,7H2. The number of hydrogen-bond acceptors (Lipinski definition) is 3. The Morgan fingerprint density at radius 3 is 3.00 bits per heavy atom. The first-order valence-electron chi connectivity index (χ1n) is 7.03. The van der Waals surface area contributed by atoms with E-state index in [9.17, 15) is 4.79 Å². The van der Waals surface area contributed by atoms with Gasteiger partial charge in [-0.05, 0) is 47.9 Å². The summed E-state index contributed by atoms with van der Waals surface area (Å²) in [7, 11) is 0. The fourth-order valence-corrected chi connectivity index (χ4v) is 2.96. The van der Waals surface area contributed by atoms with Crippen molar-refractivity contribution in [1.29, 1.82) is 0 Å². The van der Waals surface area contributed by atoms with Crippen molar-refractivity contribution in [3.63, 3.8) is 0 Å². The minimum Gasteiger partial charge on any atom is -0.292 e. The van der Waals surface area contributed by atoms with Crippen molar-refractivity contribution in [2.75, 3.05) is 0 Å². The number of aromatic nitrogens is 3. The lowest BCUT2D eigenvalue weighted by atomic mass is 10.1. The summed E-state index contributed by atoms with van der Waals surface area (Å²) in [4.78, 5) is 21.4. The van der Waals surface area contributed by atoms with Crippen LogP contribution in [0.15, 0.2) is 47.5 Å². The van der Waals surface area contributed by atoms with Gasteiger partial charge in [0.25, 0.3) is 5.56 Å². The topological polar surface area (TPSA) is 47.8 Å². The van der Waals surface area contributed by atoms with E-state index in [1.54, 1.807) is 35.2 Å². The molecule has 0 unspecified atom stereocenters. The molecule has 2 aromatic heterocycles. The normalized spacial score (nSPS) is 15.4. The van der Waals surface area contributed by atoms with Gasteiger partial charge in [0, 0.05) is 24.0 Å². The third kappa shape index (κ3) is 2.12. The molecule has 0 radical (unpaired) electrons. The van der Waals surface area contributed by atoms with Crippen LogP contribution in [-0.4, -0.2) is 14.5 Å². The highest BCUT2D eigenvalue weighted by Gasteiger charge is 2.20. The number of hydrogen-bond donors (Lipinski definition) is 0. The summed E-state index contributed by atoms with van der Waals surface area (Å²) in [6.07, 6.45) is 6.38. The summed E-state index contributed by atoms with van der Waals surface area (Å²) < 4.78 is 1.72. The van der Waals surface area contributed by atoms with Gasteiger partial charge in [-0.25, -0.2) is 4.98 Å². The predicted molar refractivity (Wildman–Crippen MR) is 87.7 cm³/mol. The van der Waals surface area contributed by atoms with E-state index in [0.717, 1.165) is 23.4 Å². The molecule has 22 heavy (non-hydrogen) atoms. The zero-order valence-electron chi connectivity index (χ0n) is 11.7. The fraction of sp³-hybridized carbons (Fsp3) is 0.118. The summed E-state index contributed by atoms with van der Waals surface area (Å²) in [6.45, 7) is 0.649. The van der Waals surface area contributed by atoms with Gasteiger partial charge in [0.1, 0.15) is 5.82 Å². The van der Waals surface area contributed by atoms with Crippen LogP contribution < -0.4 is 5.56 Å². The molecule has 0 N–H and O–H groups in total. The third-order valence-electron chi connectivity index (χ3n) is 3.83. The van der Waals surface area contributed by atoms with Crippen LogP contribution in [0.25, 0.3) is 22.6 Å². The van der Waals surface area contributed by atoms with Crippen molar-refractivity contribution in [2.45, 2.75) is 13.0 Å². The number of benzene rings is 1. The lowest BCUT2D eigenvalue weighted by molar-refractivity contribution is 0.725. The van der Waals surface area contributed by atoms with E-state index < -0.39 is 0 Å². The zero-order valence-corrected chi connectivity index (χ0v) is 12.4. The molecular weight excluding hydrogens is 298 g/mol. The molecule has 0 fully saturated rings. The monoisotopic (exact) mass is 309 g/mol. The van der Waals surface area contributed by atoms with Gasteiger partial charge in [-0.3, -0.25) is 14.3 Å². The Bertz CT molecular complexity index is 961. The molecule has 1 aliphatic heterocycles. The van der Waals surface area contributed by atoms with Gasteiger partial charge < -0.3 is 0 Å². The minimum atomic E-state index is -0.0305. The first kappa shape index (κ1) is 13.2. The van der Waals surface area contributed by atoms with E-state index in [4.69, 9.17) is 11.6 Å². The minimum absolute atomic E-state index is 0.0305. The van der Waals surface area contributed by atoms with Crippen molar-refractivity contribution in [3.05, 3.63) is 69.5 Å². The summed E-state index contributed by atoms with van der Waals surface area (Å²) in [6, 6.07) is 9.11. The van der Waals surface area contributed by atoms with Gasteiger partial charge in [0.2, 0.25) is 0 Å². The Hall–Kier alpha value is -2.46. The molecule has 108 valence electrons. The SMILES string of the molecule is O=c1c2cc(Cl)ccc2nc2n1CCC2=Cc1cccnc1. The average molecular weight is 310 g/mol. The average Bonchev–Trinajstić information content (AvgIpc) is 2.93. The maximum absolute atomic E-state index is 12.6. The summed E-state index contributed by atoms with van der Waals surface area (Å²) in [5.74, 6) is 0.740. The number of allylic oxidation sites excluding steroid dienone is 1. The van der Waals surface area contributed by atoms with Crippen LogP contribution in [0.2, 0.25) is 5.02 Å². The van der Waals surface area contributed by atoms with E-state index in [1.165, 1.54) is 0 Å². The highest BCUT2D eigenvalue weighted by atomic mass is 35.5. The lowest BCUT2D eigenvalue weighted by Gasteiger charge is -2.05. The Labute approximate surface area is 131 Å². The summed E-state index contributed by atoms with van der Waals surface area (Å²) in [5, 5.41) is 1.12.